The Morgan fingerprint density at radius 1 is 1.25 bits per heavy atom. The summed E-state index contributed by atoms with van der Waals surface area (Å²) in [6.45, 7) is 3.94. The molecule has 0 spiro atoms. The van der Waals surface area contributed by atoms with Crippen LogP contribution >= 0.6 is 11.6 Å². The number of hydrogen-bond acceptors (Lipinski definition) is 6. The van der Waals surface area contributed by atoms with Crippen LogP contribution in [0.2, 0.25) is 5.02 Å². The highest BCUT2D eigenvalue weighted by Gasteiger charge is 2.24. The van der Waals surface area contributed by atoms with Crippen molar-refractivity contribution in [2.75, 3.05) is 25.0 Å². The van der Waals surface area contributed by atoms with Crippen LogP contribution in [0.3, 0.4) is 0 Å². The lowest BCUT2D eigenvalue weighted by molar-refractivity contribution is -0.120. The average Bonchev–Trinajstić information content (AvgIpc) is 3.26. The molecule has 36 heavy (non-hydrogen) atoms. The zero-order valence-corrected chi connectivity index (χ0v) is 21.1. The summed E-state index contributed by atoms with van der Waals surface area (Å²) in [5.41, 5.74) is 2.42. The fraction of sp³-hybridized carbons (Fsp3) is 0.407. The number of ether oxygens (including phenoxy) is 1. The number of carbonyl (C=O) groups excluding carboxylic acids is 2. The van der Waals surface area contributed by atoms with E-state index in [1.54, 1.807) is 24.3 Å². The molecular weight excluding hydrogens is 478 g/mol. The Morgan fingerprint density at radius 2 is 2.11 bits per heavy atom. The topological polar surface area (TPSA) is 109 Å². The van der Waals surface area contributed by atoms with E-state index in [2.05, 4.69) is 28.7 Å². The molecule has 1 aromatic heterocycles. The van der Waals surface area contributed by atoms with Gasteiger partial charge in [-0.1, -0.05) is 43.9 Å². The molecule has 4 rings (SSSR count). The van der Waals surface area contributed by atoms with E-state index in [1.807, 2.05) is 12.1 Å². The number of benzene rings is 2. The lowest BCUT2D eigenvalue weighted by Gasteiger charge is -2.21. The first-order chi connectivity index (χ1) is 17.5. The van der Waals surface area contributed by atoms with Crippen molar-refractivity contribution < 1.29 is 14.3 Å². The number of carbonyl (C=O) groups is 2. The number of nitriles is 1. The van der Waals surface area contributed by atoms with Crippen LogP contribution in [0.15, 0.2) is 36.4 Å². The van der Waals surface area contributed by atoms with Crippen LogP contribution in [0.25, 0.3) is 22.0 Å². The normalized spacial score (nSPS) is 15.4. The van der Waals surface area contributed by atoms with Gasteiger partial charge in [0.05, 0.1) is 29.7 Å². The van der Waals surface area contributed by atoms with E-state index in [9.17, 15) is 14.9 Å². The summed E-state index contributed by atoms with van der Waals surface area (Å²) in [6, 6.07) is 12.6. The number of fused-ring (bicyclic) bond motifs is 1. The van der Waals surface area contributed by atoms with E-state index in [0.717, 1.165) is 50.6 Å². The van der Waals surface area contributed by atoms with Crippen LogP contribution in [-0.4, -0.2) is 41.5 Å². The monoisotopic (exact) mass is 507 g/mol. The first kappa shape index (κ1) is 25.7. The van der Waals surface area contributed by atoms with E-state index < -0.39 is 6.09 Å². The second-order valence-corrected chi connectivity index (χ2v) is 9.41. The molecule has 2 N–H and O–H groups in total. The minimum absolute atomic E-state index is 0.142. The lowest BCUT2D eigenvalue weighted by Crippen LogP contribution is -2.37. The maximum Gasteiger partial charge on any atom is 0.435 e. The molecule has 1 atom stereocenters. The highest BCUT2D eigenvalue weighted by molar-refractivity contribution is 6.33. The Kier molecular flexibility index (Phi) is 8.57. The summed E-state index contributed by atoms with van der Waals surface area (Å²) in [4.78, 5) is 25.9. The number of nitrogens with one attached hydrogen (secondary N) is 2. The third-order valence-corrected chi connectivity index (χ3v) is 6.72. The summed E-state index contributed by atoms with van der Waals surface area (Å²) < 4.78 is 6.66. The fourth-order valence-corrected chi connectivity index (χ4v) is 4.60. The van der Waals surface area contributed by atoms with Crippen molar-refractivity contribution in [2.45, 2.75) is 45.4 Å². The van der Waals surface area contributed by atoms with Crippen molar-refractivity contribution in [1.82, 2.24) is 15.1 Å². The molecule has 9 heteroatoms. The van der Waals surface area contributed by atoms with Crippen LogP contribution < -0.4 is 10.6 Å². The summed E-state index contributed by atoms with van der Waals surface area (Å²) in [6.07, 6.45) is 5.09. The summed E-state index contributed by atoms with van der Waals surface area (Å²) in [5.74, 6) is -0.0242. The number of anilines is 1. The van der Waals surface area contributed by atoms with Gasteiger partial charge in [0.25, 0.3) is 0 Å². The average molecular weight is 508 g/mol. The lowest BCUT2D eigenvalue weighted by atomic mass is 9.98. The Hall–Kier alpha value is -3.41. The predicted molar refractivity (Wildman–Crippen MR) is 140 cm³/mol. The number of aromatic nitrogens is 2. The maximum absolute atomic E-state index is 13.0. The van der Waals surface area contributed by atoms with Crippen LogP contribution in [-0.2, 0) is 9.53 Å². The summed E-state index contributed by atoms with van der Waals surface area (Å²) >= 11 is 6.43. The van der Waals surface area contributed by atoms with Crippen LogP contribution in [0.4, 0.5) is 10.6 Å². The highest BCUT2D eigenvalue weighted by atomic mass is 35.5. The highest BCUT2D eigenvalue weighted by Crippen LogP contribution is 2.34. The molecule has 1 amide bonds. The largest absolute Gasteiger partial charge is 0.448 e. The third-order valence-electron chi connectivity index (χ3n) is 6.39. The number of nitrogens with zero attached hydrogens (tertiary/aromatic N) is 3. The first-order valence-electron chi connectivity index (χ1n) is 12.4. The zero-order valence-electron chi connectivity index (χ0n) is 20.3. The van der Waals surface area contributed by atoms with E-state index in [4.69, 9.17) is 16.3 Å². The molecule has 0 radical (unpaired) electrons. The van der Waals surface area contributed by atoms with Crippen molar-refractivity contribution in [3.05, 3.63) is 47.0 Å². The number of halogens is 1. The molecule has 1 saturated heterocycles. The van der Waals surface area contributed by atoms with Crippen molar-refractivity contribution in [3.63, 3.8) is 0 Å². The molecule has 0 bridgehead atoms. The van der Waals surface area contributed by atoms with Crippen molar-refractivity contribution in [1.29, 1.82) is 5.26 Å². The molecule has 2 heterocycles. The number of amides is 1. The third kappa shape index (κ3) is 5.86. The number of hydrogen-bond donors (Lipinski definition) is 2. The molecule has 1 fully saturated rings. The first-order valence-corrected chi connectivity index (χ1v) is 12.8. The van der Waals surface area contributed by atoms with Gasteiger partial charge in [0.15, 0.2) is 5.82 Å². The van der Waals surface area contributed by atoms with Gasteiger partial charge in [-0.3, -0.25) is 4.79 Å². The van der Waals surface area contributed by atoms with E-state index >= 15 is 0 Å². The second-order valence-electron chi connectivity index (χ2n) is 9.01. The van der Waals surface area contributed by atoms with Gasteiger partial charge in [-0.05, 0) is 61.7 Å². The minimum atomic E-state index is -0.589. The molecule has 1 unspecified atom stereocenters. The van der Waals surface area contributed by atoms with Crippen molar-refractivity contribution in [2.24, 2.45) is 5.92 Å². The van der Waals surface area contributed by atoms with Crippen molar-refractivity contribution in [3.8, 4) is 17.2 Å². The summed E-state index contributed by atoms with van der Waals surface area (Å²) in [5, 5.41) is 21.0. The van der Waals surface area contributed by atoms with Gasteiger partial charge in [0.2, 0.25) is 5.91 Å². The van der Waals surface area contributed by atoms with Crippen molar-refractivity contribution >= 4 is 40.3 Å². The maximum atomic E-state index is 13.0. The molecular formula is C27H30ClN5O3. The van der Waals surface area contributed by atoms with Crippen LogP contribution in [0.5, 0.6) is 0 Å². The Morgan fingerprint density at radius 3 is 2.86 bits per heavy atom. The molecule has 2 aromatic carbocycles. The van der Waals surface area contributed by atoms with Gasteiger partial charge in [-0.25, -0.2) is 4.79 Å². The van der Waals surface area contributed by atoms with Gasteiger partial charge in [-0.2, -0.15) is 9.94 Å². The molecule has 0 saturated carbocycles. The molecule has 1 aliphatic rings. The number of rotatable bonds is 8. The van der Waals surface area contributed by atoms with E-state index in [1.165, 1.54) is 4.68 Å². The standard InChI is InChI=1S/C27H30ClN5O3/c1-2-3-4-5-13-36-27(35)33-24-11-9-19(21-14-18(16-29)8-10-23(21)28)15-22(24)25(32-33)31-26(34)20-7-6-12-30-17-20/h8-11,14-15,20,30H,2-7,12-13,17H2,1H3,(H,31,32,34). The van der Waals surface area contributed by atoms with Gasteiger partial charge >= 0.3 is 6.09 Å². The van der Waals surface area contributed by atoms with E-state index in [-0.39, 0.29) is 17.6 Å². The quantitative estimate of drug-likeness (QED) is 0.377. The smallest absolute Gasteiger partial charge is 0.435 e. The second kappa shape index (κ2) is 12.0. The van der Waals surface area contributed by atoms with Gasteiger partial charge in [0.1, 0.15) is 0 Å². The van der Waals surface area contributed by atoms with Crippen LogP contribution in [0, 0.1) is 17.2 Å². The Bertz CT molecular complexity index is 1290. The fourth-order valence-electron chi connectivity index (χ4n) is 4.38. The van der Waals surface area contributed by atoms with Gasteiger partial charge in [-0.15, -0.1) is 5.10 Å². The van der Waals surface area contributed by atoms with E-state index in [0.29, 0.717) is 40.2 Å². The zero-order chi connectivity index (χ0) is 25.5. The molecule has 0 aliphatic carbocycles. The van der Waals surface area contributed by atoms with Gasteiger partial charge in [0, 0.05) is 22.5 Å². The van der Waals surface area contributed by atoms with Gasteiger partial charge < -0.3 is 15.4 Å². The molecule has 188 valence electrons. The molecule has 1 aliphatic heterocycles. The molecule has 3 aromatic rings. The van der Waals surface area contributed by atoms with Crippen LogP contribution in [0.1, 0.15) is 51.0 Å². The molecule has 8 nitrogen and oxygen atoms in total. The Balaban J connectivity index is 1.68. The minimum Gasteiger partial charge on any atom is -0.448 e. The number of piperidine rings is 1. The number of unbranched alkanes of at least 4 members (excludes halogenated alkanes) is 3. The SMILES string of the molecule is CCCCCCOC(=O)n1nc(NC(=O)C2CCCNC2)c2cc(-c3cc(C#N)ccc3Cl)ccc21. The summed E-state index contributed by atoms with van der Waals surface area (Å²) in [7, 11) is 0. The Labute approximate surface area is 215 Å². The predicted octanol–water partition coefficient (Wildman–Crippen LogP) is 5.73.